The normalized spacial score (nSPS) is 14.8. The molecule has 0 radical (unpaired) electrons. The highest BCUT2D eigenvalue weighted by molar-refractivity contribution is 7.89. The Balaban J connectivity index is 1.72. The number of ether oxygens (including phenoxy) is 1. The first kappa shape index (κ1) is 32.7. The maximum absolute atomic E-state index is 12.8. The maximum atomic E-state index is 12.8. The molecule has 1 aromatic carbocycles. The second kappa shape index (κ2) is 16.0. The van der Waals surface area contributed by atoms with Crippen molar-refractivity contribution in [3.05, 3.63) is 29.8 Å². The Morgan fingerprint density at radius 1 is 1.07 bits per heavy atom. The van der Waals surface area contributed by atoms with Gasteiger partial charge in [-0.15, -0.1) is 10.2 Å². The summed E-state index contributed by atoms with van der Waals surface area (Å²) < 4.78 is 35.5. The summed E-state index contributed by atoms with van der Waals surface area (Å²) >= 11 is 0. The van der Waals surface area contributed by atoms with E-state index in [0.29, 0.717) is 48.2 Å². The largest absolute Gasteiger partial charge is 0.494 e. The van der Waals surface area contributed by atoms with Gasteiger partial charge in [0, 0.05) is 24.8 Å². The van der Waals surface area contributed by atoms with E-state index in [1.165, 1.54) is 25.7 Å². The van der Waals surface area contributed by atoms with Crippen LogP contribution >= 0.6 is 0 Å². The fraction of sp³-hybridized carbons (Fsp3) is 0.655. The number of likely N-dealkylation sites (N-methyl/N-ethyl adjacent to an activating group) is 1. The van der Waals surface area contributed by atoms with Crippen molar-refractivity contribution in [1.82, 2.24) is 19.6 Å². The van der Waals surface area contributed by atoms with Gasteiger partial charge in [-0.1, -0.05) is 58.8 Å². The standard InChI is InChI=1S/C29H47N7O4S/c1-6-9-10-11-12-13-14-15-20-41(38,39)34-22(4)28-31-32-29-27(24(7-2)33-36(28)29)30-25-17-16-23(21-26(25)40-5)35(8-3)18-19-37/h16-17,21-22,34,37H,6-15,18-20H2,1-5H3/b30-27-. The van der Waals surface area contributed by atoms with Gasteiger partial charge in [0.2, 0.25) is 15.8 Å². The van der Waals surface area contributed by atoms with Crippen LogP contribution in [0.5, 0.6) is 5.75 Å². The first-order valence-corrected chi connectivity index (χ1v) is 16.6. The molecule has 1 aliphatic rings. The summed E-state index contributed by atoms with van der Waals surface area (Å²) in [6.45, 7) is 9.30. The zero-order chi connectivity index (χ0) is 29.8. The molecule has 0 amide bonds. The Bertz CT molecular complexity index is 1290. The van der Waals surface area contributed by atoms with E-state index in [4.69, 9.17) is 9.73 Å². The number of rotatable bonds is 19. The molecule has 1 aliphatic heterocycles. The van der Waals surface area contributed by atoms with Crippen molar-refractivity contribution in [3.8, 4) is 5.75 Å². The predicted molar refractivity (Wildman–Crippen MR) is 165 cm³/mol. The molecule has 0 bridgehead atoms. The lowest BCUT2D eigenvalue weighted by molar-refractivity contribution is 0.302. The third kappa shape index (κ3) is 8.83. The number of aliphatic hydroxyl groups is 1. The highest BCUT2D eigenvalue weighted by Crippen LogP contribution is 2.33. The van der Waals surface area contributed by atoms with Crippen LogP contribution in [0.1, 0.15) is 103 Å². The number of benzene rings is 1. The highest BCUT2D eigenvalue weighted by atomic mass is 32.2. The Labute approximate surface area is 245 Å². The van der Waals surface area contributed by atoms with E-state index in [2.05, 4.69) is 26.9 Å². The van der Waals surface area contributed by atoms with Gasteiger partial charge in [0.05, 0.1) is 31.2 Å². The average molecular weight is 590 g/mol. The number of hydrogen-bond acceptors (Lipinski definition) is 9. The number of nitrogens with one attached hydrogen (secondary N) is 1. The molecule has 228 valence electrons. The Morgan fingerprint density at radius 3 is 2.41 bits per heavy atom. The number of unbranched alkanes of at least 4 members (excludes halogenated alkanes) is 7. The SMILES string of the molecule is CCCCCCCCCCS(=O)(=O)NC(C)c1nnc2n1N=C(CC)/C2=N/c1ccc(N(CC)CCO)cc1OC. The van der Waals surface area contributed by atoms with Crippen molar-refractivity contribution >= 4 is 32.8 Å². The maximum Gasteiger partial charge on any atom is 0.212 e. The van der Waals surface area contributed by atoms with Crippen LogP contribution in [-0.4, -0.2) is 72.4 Å². The summed E-state index contributed by atoms with van der Waals surface area (Å²) in [5.41, 5.74) is 2.85. The van der Waals surface area contributed by atoms with Gasteiger partial charge in [0.1, 0.15) is 17.1 Å². The fourth-order valence-corrected chi connectivity index (χ4v) is 6.28. The molecular formula is C29H47N7O4S. The predicted octanol–water partition coefficient (Wildman–Crippen LogP) is 4.97. The zero-order valence-corrected chi connectivity index (χ0v) is 26.1. The third-order valence-electron chi connectivity index (χ3n) is 7.23. The third-order valence-corrected chi connectivity index (χ3v) is 8.77. The number of methoxy groups -OCH3 is 1. The number of hydrogen-bond donors (Lipinski definition) is 2. The number of fused-ring (bicyclic) bond motifs is 1. The Morgan fingerprint density at radius 2 is 1.78 bits per heavy atom. The van der Waals surface area contributed by atoms with Crippen LogP contribution in [0.2, 0.25) is 0 Å². The zero-order valence-electron chi connectivity index (χ0n) is 25.3. The second-order valence-corrected chi connectivity index (χ2v) is 12.2. The molecular weight excluding hydrogens is 542 g/mol. The van der Waals surface area contributed by atoms with Gasteiger partial charge < -0.3 is 14.7 Å². The van der Waals surface area contributed by atoms with E-state index in [0.717, 1.165) is 37.2 Å². The van der Waals surface area contributed by atoms with Crippen LogP contribution in [0, 0.1) is 0 Å². The molecule has 1 aromatic heterocycles. The second-order valence-electron chi connectivity index (χ2n) is 10.3. The van der Waals surface area contributed by atoms with Gasteiger partial charge in [-0.3, -0.25) is 0 Å². The molecule has 0 saturated heterocycles. The Hall–Kier alpha value is -2.83. The van der Waals surface area contributed by atoms with Gasteiger partial charge in [-0.2, -0.15) is 9.78 Å². The number of anilines is 1. The summed E-state index contributed by atoms with van der Waals surface area (Å²) in [6, 6.07) is 5.11. The molecule has 0 fully saturated rings. The first-order valence-electron chi connectivity index (χ1n) is 14.9. The van der Waals surface area contributed by atoms with E-state index in [1.807, 2.05) is 36.9 Å². The monoisotopic (exact) mass is 589 g/mol. The lowest BCUT2D eigenvalue weighted by atomic mass is 10.1. The molecule has 0 saturated carbocycles. The fourth-order valence-electron chi connectivity index (χ4n) is 4.93. The van der Waals surface area contributed by atoms with E-state index < -0.39 is 16.1 Å². The van der Waals surface area contributed by atoms with Crippen molar-refractivity contribution < 1.29 is 18.3 Å². The topological polar surface area (TPSA) is 134 Å². The molecule has 2 N–H and O–H groups in total. The summed E-state index contributed by atoms with van der Waals surface area (Å²) in [5, 5.41) is 22.7. The van der Waals surface area contributed by atoms with Crippen molar-refractivity contribution in [2.45, 2.75) is 91.5 Å². The van der Waals surface area contributed by atoms with Crippen LogP contribution in [0.25, 0.3) is 0 Å². The van der Waals surface area contributed by atoms with Crippen molar-refractivity contribution in [1.29, 1.82) is 0 Å². The molecule has 1 unspecified atom stereocenters. The van der Waals surface area contributed by atoms with Crippen LogP contribution in [-0.2, 0) is 10.0 Å². The number of aliphatic imine (C=N–C) groups is 1. The van der Waals surface area contributed by atoms with E-state index in [1.54, 1.807) is 18.7 Å². The van der Waals surface area contributed by atoms with Crippen LogP contribution in [0.15, 0.2) is 28.3 Å². The highest BCUT2D eigenvalue weighted by Gasteiger charge is 2.30. The molecule has 3 rings (SSSR count). The minimum Gasteiger partial charge on any atom is -0.494 e. The number of sulfonamides is 1. The van der Waals surface area contributed by atoms with Gasteiger partial charge in [-0.05, 0) is 38.8 Å². The molecule has 1 atom stereocenters. The molecule has 41 heavy (non-hydrogen) atoms. The molecule has 2 heterocycles. The Kier molecular flexibility index (Phi) is 12.7. The average Bonchev–Trinajstić information content (AvgIpc) is 3.52. The lowest BCUT2D eigenvalue weighted by Crippen LogP contribution is -2.30. The van der Waals surface area contributed by atoms with Crippen LogP contribution in [0.3, 0.4) is 0 Å². The van der Waals surface area contributed by atoms with Gasteiger partial charge in [0.15, 0.2) is 5.82 Å². The minimum atomic E-state index is -3.48. The quantitative estimate of drug-likeness (QED) is 0.221. The number of nitrogens with zero attached hydrogens (tertiary/aromatic N) is 6. The molecule has 2 aromatic rings. The smallest absolute Gasteiger partial charge is 0.212 e. The molecule has 0 aliphatic carbocycles. The van der Waals surface area contributed by atoms with E-state index in [-0.39, 0.29) is 12.4 Å². The summed E-state index contributed by atoms with van der Waals surface area (Å²) in [5.74, 6) is 1.56. The minimum absolute atomic E-state index is 0.0578. The number of aromatic nitrogens is 3. The number of aliphatic hydroxyl groups excluding tert-OH is 1. The van der Waals surface area contributed by atoms with E-state index in [9.17, 15) is 13.5 Å². The van der Waals surface area contributed by atoms with Gasteiger partial charge in [-0.25, -0.2) is 18.1 Å². The van der Waals surface area contributed by atoms with Gasteiger partial charge in [0.25, 0.3) is 0 Å². The van der Waals surface area contributed by atoms with Crippen molar-refractivity contribution in [2.24, 2.45) is 10.1 Å². The lowest BCUT2D eigenvalue weighted by Gasteiger charge is -2.22. The summed E-state index contributed by atoms with van der Waals surface area (Å²) in [6.07, 6.45) is 9.36. The summed E-state index contributed by atoms with van der Waals surface area (Å²) in [7, 11) is -1.89. The van der Waals surface area contributed by atoms with Gasteiger partial charge >= 0.3 is 0 Å². The van der Waals surface area contributed by atoms with Crippen molar-refractivity contribution in [2.75, 3.05) is 37.5 Å². The van der Waals surface area contributed by atoms with Crippen LogP contribution in [0.4, 0.5) is 11.4 Å². The van der Waals surface area contributed by atoms with E-state index >= 15 is 0 Å². The molecule has 12 heteroatoms. The van der Waals surface area contributed by atoms with Crippen LogP contribution < -0.4 is 14.4 Å². The van der Waals surface area contributed by atoms with Crippen molar-refractivity contribution in [3.63, 3.8) is 0 Å². The molecule has 0 spiro atoms. The summed E-state index contributed by atoms with van der Waals surface area (Å²) in [4.78, 5) is 6.90. The molecule has 11 nitrogen and oxygen atoms in total. The first-order chi connectivity index (χ1) is 19.8.